The quantitative estimate of drug-likeness (QED) is 0.529. The van der Waals surface area contributed by atoms with Crippen molar-refractivity contribution in [1.29, 1.82) is 0 Å². The maximum absolute atomic E-state index is 10.4. The smallest absolute Gasteiger partial charge is 0.0786 e. The molecule has 0 N–H and O–H groups in total. The van der Waals surface area contributed by atoms with Crippen molar-refractivity contribution in [3.8, 4) is 0 Å². The van der Waals surface area contributed by atoms with Gasteiger partial charge < -0.3 is 31.8 Å². The van der Waals surface area contributed by atoms with E-state index in [9.17, 15) is 11.7 Å². The normalized spacial score (nSPS) is 21.8. The maximum atomic E-state index is 10.4. The van der Waals surface area contributed by atoms with Crippen LogP contribution >= 0.6 is 0 Å². The van der Waals surface area contributed by atoms with Gasteiger partial charge in [-0.05, 0) is 12.8 Å². The Balaban J connectivity index is 0.000000368. The van der Waals surface area contributed by atoms with E-state index in [4.69, 9.17) is 0 Å². The van der Waals surface area contributed by atoms with Gasteiger partial charge in [0.15, 0.2) is 0 Å². The summed E-state index contributed by atoms with van der Waals surface area (Å²) < 4.78 is 34.0. The van der Waals surface area contributed by atoms with Gasteiger partial charge >= 0.3 is 0 Å². The lowest BCUT2D eigenvalue weighted by Crippen LogP contribution is -2.41. The highest BCUT2D eigenvalue weighted by atomic mass is 32.3. The van der Waals surface area contributed by atoms with E-state index < -0.39 is 11.2 Å². The topological polar surface area (TPSA) is 0 Å². The van der Waals surface area contributed by atoms with Crippen LogP contribution in [0.2, 0.25) is 0 Å². The van der Waals surface area contributed by atoms with Crippen LogP contribution < -0.4 is 0 Å². The fourth-order valence-electron chi connectivity index (χ4n) is 3.72. The Labute approximate surface area is 157 Å². The molecule has 2 heterocycles. The Morgan fingerprint density at radius 3 is 1.12 bits per heavy atom. The largest absolute Gasteiger partial charge is 0.478 e. The molecular formula is C19H43F3N2S. The van der Waals surface area contributed by atoms with Gasteiger partial charge in [-0.1, -0.05) is 26.7 Å². The average Bonchev–Trinajstić information content (AvgIpc) is 3.12. The lowest BCUT2D eigenvalue weighted by molar-refractivity contribution is -0.897. The number of unbranched alkanes of at least 4 members (excludes halogenated alkanes) is 2. The Morgan fingerprint density at radius 1 is 0.680 bits per heavy atom. The molecule has 2 saturated heterocycles. The zero-order chi connectivity index (χ0) is 19.4. The zero-order valence-corrected chi connectivity index (χ0v) is 18.2. The predicted molar refractivity (Wildman–Crippen MR) is 106 cm³/mol. The number of quaternary nitrogens is 2. The summed E-state index contributed by atoms with van der Waals surface area (Å²) in [6, 6.07) is 0. The third kappa shape index (κ3) is 14.9. The minimum atomic E-state index is -4.67. The molecule has 6 heteroatoms. The van der Waals surface area contributed by atoms with Crippen LogP contribution in [0.15, 0.2) is 0 Å². The molecule has 0 amide bonds. The van der Waals surface area contributed by atoms with E-state index >= 15 is 0 Å². The number of likely N-dealkylation sites (tertiary alicyclic amines) is 2. The molecule has 25 heavy (non-hydrogen) atoms. The molecule has 0 saturated carbocycles. The van der Waals surface area contributed by atoms with Crippen molar-refractivity contribution in [3.05, 3.63) is 0 Å². The molecule has 2 aliphatic heterocycles. The van der Waals surface area contributed by atoms with Crippen LogP contribution in [0.4, 0.5) is 11.7 Å². The van der Waals surface area contributed by atoms with E-state index in [1.165, 1.54) is 99.6 Å². The highest BCUT2D eigenvalue weighted by Gasteiger charge is 2.26. The average molecular weight is 389 g/mol. The van der Waals surface area contributed by atoms with Crippen molar-refractivity contribution in [3.63, 3.8) is 0 Å². The SMILES string of the molecule is CCCC[N+]1(C)CCCC1.CCCC[N+]1(C)CCCC1.C[S-2](F)(F)F. The lowest BCUT2D eigenvalue weighted by Gasteiger charge is -2.37. The fraction of sp³-hybridized carbons (Fsp3) is 1.00. The van der Waals surface area contributed by atoms with Crippen molar-refractivity contribution >= 4 is 11.2 Å². The van der Waals surface area contributed by atoms with E-state index in [0.29, 0.717) is 0 Å². The number of rotatable bonds is 6. The fourth-order valence-corrected chi connectivity index (χ4v) is 3.72. The molecule has 2 aliphatic rings. The first kappa shape index (κ1) is 25.1. The molecule has 156 valence electrons. The van der Waals surface area contributed by atoms with E-state index in [2.05, 4.69) is 27.9 Å². The molecular weight excluding hydrogens is 345 g/mol. The molecule has 0 unspecified atom stereocenters. The van der Waals surface area contributed by atoms with Gasteiger partial charge in [0.2, 0.25) is 0 Å². The van der Waals surface area contributed by atoms with Gasteiger partial charge in [-0.2, -0.15) is 6.26 Å². The van der Waals surface area contributed by atoms with Gasteiger partial charge in [-0.3, -0.25) is 0 Å². The van der Waals surface area contributed by atoms with Crippen LogP contribution in [0.3, 0.4) is 0 Å². The molecule has 0 spiro atoms. The number of halogens is 3. The van der Waals surface area contributed by atoms with Crippen LogP contribution in [0.1, 0.15) is 65.2 Å². The van der Waals surface area contributed by atoms with Crippen LogP contribution in [0.25, 0.3) is 0 Å². The molecule has 0 aromatic rings. The summed E-state index contributed by atoms with van der Waals surface area (Å²) in [6.45, 7) is 13.1. The summed E-state index contributed by atoms with van der Waals surface area (Å²) in [5.41, 5.74) is 0. The van der Waals surface area contributed by atoms with Crippen molar-refractivity contribution in [2.45, 2.75) is 65.2 Å². The van der Waals surface area contributed by atoms with E-state index in [1.807, 2.05) is 0 Å². The minimum Gasteiger partial charge on any atom is -0.478 e. The lowest BCUT2D eigenvalue weighted by atomic mass is 10.3. The highest BCUT2D eigenvalue weighted by molar-refractivity contribution is 7.99. The molecule has 0 radical (unpaired) electrons. The minimum absolute atomic E-state index is 0.271. The molecule has 0 aromatic carbocycles. The van der Waals surface area contributed by atoms with Crippen molar-refractivity contribution < 1.29 is 20.6 Å². The number of hydrogen-bond acceptors (Lipinski definition) is 0. The Hall–Kier alpha value is 0.0600. The molecule has 0 aliphatic carbocycles. The summed E-state index contributed by atoms with van der Waals surface area (Å²) in [5.74, 6) is 0. The van der Waals surface area contributed by atoms with Crippen molar-refractivity contribution in [2.24, 2.45) is 0 Å². The van der Waals surface area contributed by atoms with Gasteiger partial charge in [0.1, 0.15) is 0 Å². The second kappa shape index (κ2) is 12.4. The van der Waals surface area contributed by atoms with Gasteiger partial charge in [-0.15, -0.1) is 0 Å². The molecule has 2 rings (SSSR count). The predicted octanol–water partition coefficient (Wildman–Crippen LogP) is 5.48. The van der Waals surface area contributed by atoms with Crippen LogP contribution in [0.5, 0.6) is 0 Å². The van der Waals surface area contributed by atoms with Crippen LogP contribution in [-0.4, -0.2) is 68.6 Å². The molecule has 0 atom stereocenters. The summed E-state index contributed by atoms with van der Waals surface area (Å²) in [6.07, 6.45) is 11.6. The summed E-state index contributed by atoms with van der Waals surface area (Å²) >= 11 is -4.67. The Kier molecular flexibility index (Phi) is 12.5. The summed E-state index contributed by atoms with van der Waals surface area (Å²) in [7, 11) is 4.81. The van der Waals surface area contributed by atoms with Gasteiger partial charge in [0, 0.05) is 25.7 Å². The van der Waals surface area contributed by atoms with Gasteiger partial charge in [0.05, 0.1) is 53.4 Å². The number of hydrogen-bond donors (Lipinski definition) is 0. The first-order chi connectivity index (χ1) is 11.5. The molecule has 2 fully saturated rings. The molecule has 2 nitrogen and oxygen atoms in total. The first-order valence-corrected chi connectivity index (χ1v) is 11.8. The maximum Gasteiger partial charge on any atom is 0.0786 e. The number of nitrogens with zero attached hydrogens (tertiary/aromatic N) is 2. The summed E-state index contributed by atoms with van der Waals surface area (Å²) in [4.78, 5) is 0. The van der Waals surface area contributed by atoms with Crippen molar-refractivity contribution in [2.75, 3.05) is 59.6 Å². The van der Waals surface area contributed by atoms with Crippen LogP contribution in [-0.2, 0) is 11.2 Å². The Bertz CT molecular complexity index is 291. The Morgan fingerprint density at radius 2 is 0.920 bits per heavy atom. The van der Waals surface area contributed by atoms with Crippen molar-refractivity contribution in [1.82, 2.24) is 0 Å². The van der Waals surface area contributed by atoms with Gasteiger partial charge in [-0.25, -0.2) is 0 Å². The van der Waals surface area contributed by atoms with Crippen LogP contribution in [0, 0.1) is 0 Å². The first-order valence-electron chi connectivity index (χ1n) is 10.1. The van der Waals surface area contributed by atoms with E-state index in [1.54, 1.807) is 0 Å². The monoisotopic (exact) mass is 388 g/mol. The zero-order valence-electron chi connectivity index (χ0n) is 17.3. The standard InChI is InChI=1S/2C9H20N.CH3F3S/c2*1-3-4-7-10(2)8-5-6-9-10;1-5(2,3)4/h2*3-9H2,1-2H3;1H3/q2*+1;-2. The van der Waals surface area contributed by atoms with Gasteiger partial charge in [0.25, 0.3) is 0 Å². The second-order valence-electron chi connectivity index (χ2n) is 8.34. The summed E-state index contributed by atoms with van der Waals surface area (Å²) in [5, 5.41) is 0. The van der Waals surface area contributed by atoms with E-state index in [-0.39, 0.29) is 6.26 Å². The molecule has 0 aromatic heterocycles. The molecule has 0 bridgehead atoms. The highest BCUT2D eigenvalue weighted by Crippen LogP contribution is 2.17. The second-order valence-corrected chi connectivity index (χ2v) is 9.62. The van der Waals surface area contributed by atoms with E-state index in [0.717, 1.165) is 0 Å². The third-order valence-corrected chi connectivity index (χ3v) is 5.39. The third-order valence-electron chi connectivity index (χ3n) is 5.39.